The summed E-state index contributed by atoms with van der Waals surface area (Å²) in [6.07, 6.45) is 3.65. The van der Waals surface area contributed by atoms with E-state index in [9.17, 15) is 0 Å². The predicted molar refractivity (Wildman–Crippen MR) is 74.0 cm³/mol. The highest BCUT2D eigenvalue weighted by atomic mass is 32.2. The first kappa shape index (κ1) is 12.1. The molecule has 88 valence electrons. The molecule has 0 saturated heterocycles. The van der Waals surface area contributed by atoms with E-state index in [-0.39, 0.29) is 0 Å². The van der Waals surface area contributed by atoms with Crippen molar-refractivity contribution in [1.82, 2.24) is 4.98 Å². The molecule has 0 fully saturated rings. The lowest BCUT2D eigenvalue weighted by molar-refractivity contribution is 1.05. The van der Waals surface area contributed by atoms with Gasteiger partial charge in [-0.15, -0.1) is 11.8 Å². The van der Waals surface area contributed by atoms with Gasteiger partial charge in [-0.1, -0.05) is 19.1 Å². The topological polar surface area (TPSA) is 38.9 Å². The summed E-state index contributed by atoms with van der Waals surface area (Å²) in [6, 6.07) is 10.6. The minimum atomic E-state index is 0.522. The van der Waals surface area contributed by atoms with Gasteiger partial charge in [-0.3, -0.25) is 4.98 Å². The summed E-state index contributed by atoms with van der Waals surface area (Å²) < 4.78 is 0. The molecule has 0 bridgehead atoms. The van der Waals surface area contributed by atoms with Gasteiger partial charge in [0.15, 0.2) is 0 Å². The molecule has 0 aliphatic rings. The molecule has 1 aromatic heterocycles. The zero-order chi connectivity index (χ0) is 12.1. The van der Waals surface area contributed by atoms with Gasteiger partial charge in [-0.05, 0) is 40.6 Å². The zero-order valence-corrected chi connectivity index (χ0v) is 10.7. The van der Waals surface area contributed by atoms with Gasteiger partial charge in [0.2, 0.25) is 0 Å². The van der Waals surface area contributed by atoms with E-state index < -0.39 is 0 Å². The number of nitrogens with two attached hydrogens (primary N) is 1. The molecular weight excluding hydrogens is 228 g/mol. The van der Waals surface area contributed by atoms with Crippen LogP contribution in [0.25, 0.3) is 11.1 Å². The summed E-state index contributed by atoms with van der Waals surface area (Å²) in [5.74, 6) is 1.10. The summed E-state index contributed by atoms with van der Waals surface area (Å²) in [4.78, 5) is 5.41. The van der Waals surface area contributed by atoms with Crippen LogP contribution in [0.3, 0.4) is 0 Å². The second-order valence-electron chi connectivity index (χ2n) is 3.69. The Balaban J connectivity index is 2.33. The molecule has 0 aliphatic carbocycles. The smallest absolute Gasteiger partial charge is 0.0318 e. The quantitative estimate of drug-likeness (QED) is 0.839. The number of benzene rings is 1. The second kappa shape index (κ2) is 5.84. The summed E-state index contributed by atoms with van der Waals surface area (Å²) in [5, 5.41) is 0. The first-order valence-electron chi connectivity index (χ1n) is 5.71. The van der Waals surface area contributed by atoms with Gasteiger partial charge in [-0.25, -0.2) is 0 Å². The molecule has 0 unspecified atom stereocenters. The van der Waals surface area contributed by atoms with Crippen molar-refractivity contribution in [2.24, 2.45) is 5.73 Å². The van der Waals surface area contributed by atoms with Crippen LogP contribution in [0.2, 0.25) is 0 Å². The molecule has 0 saturated carbocycles. The fourth-order valence-corrected chi connectivity index (χ4v) is 2.43. The average Bonchev–Trinajstić information content (AvgIpc) is 2.40. The van der Waals surface area contributed by atoms with Crippen molar-refractivity contribution >= 4 is 11.8 Å². The van der Waals surface area contributed by atoms with Crippen molar-refractivity contribution in [3.05, 3.63) is 48.3 Å². The first-order valence-corrected chi connectivity index (χ1v) is 6.70. The molecule has 2 N–H and O–H groups in total. The summed E-state index contributed by atoms with van der Waals surface area (Å²) >= 11 is 1.85. The van der Waals surface area contributed by atoms with Gasteiger partial charge in [-0.2, -0.15) is 0 Å². The normalized spacial score (nSPS) is 10.5. The lowest BCUT2D eigenvalue weighted by Gasteiger charge is -2.07. The maximum absolute atomic E-state index is 5.72. The van der Waals surface area contributed by atoms with E-state index in [4.69, 9.17) is 5.73 Å². The number of hydrogen-bond acceptors (Lipinski definition) is 3. The number of hydrogen-bond donors (Lipinski definition) is 1. The molecule has 0 spiro atoms. The second-order valence-corrected chi connectivity index (χ2v) is 5.03. The maximum Gasteiger partial charge on any atom is 0.0318 e. The van der Waals surface area contributed by atoms with Gasteiger partial charge < -0.3 is 5.73 Å². The highest BCUT2D eigenvalue weighted by Crippen LogP contribution is 2.25. The fourth-order valence-electron chi connectivity index (χ4n) is 1.77. The van der Waals surface area contributed by atoms with Crippen molar-refractivity contribution in [3.8, 4) is 11.1 Å². The minimum absolute atomic E-state index is 0.522. The molecule has 1 aromatic carbocycles. The van der Waals surface area contributed by atoms with Gasteiger partial charge in [0.25, 0.3) is 0 Å². The molecular formula is C14H16N2S. The van der Waals surface area contributed by atoms with E-state index >= 15 is 0 Å². The predicted octanol–water partition coefficient (Wildman–Crippen LogP) is 3.32. The van der Waals surface area contributed by atoms with Crippen LogP contribution in [-0.2, 0) is 6.54 Å². The molecule has 2 aromatic rings. The van der Waals surface area contributed by atoms with Crippen LogP contribution in [0.5, 0.6) is 0 Å². The highest BCUT2D eigenvalue weighted by Gasteiger charge is 2.03. The third-order valence-electron chi connectivity index (χ3n) is 2.60. The van der Waals surface area contributed by atoms with Crippen molar-refractivity contribution in [2.75, 3.05) is 5.75 Å². The standard InChI is InChI=1S/C14H16N2S/c1-2-17-13-5-3-11(4-6-13)14-7-8-16-10-12(14)9-15/h3-8,10H,2,9,15H2,1H3. The Labute approximate surface area is 106 Å². The molecule has 0 atom stereocenters. The van der Waals surface area contributed by atoms with Crippen LogP contribution in [0.4, 0.5) is 0 Å². The summed E-state index contributed by atoms with van der Waals surface area (Å²) in [7, 11) is 0. The van der Waals surface area contributed by atoms with Crippen LogP contribution in [0.15, 0.2) is 47.6 Å². The van der Waals surface area contributed by atoms with E-state index in [1.165, 1.54) is 16.0 Å². The Bertz CT molecular complexity index is 480. The van der Waals surface area contributed by atoms with Crippen LogP contribution >= 0.6 is 11.8 Å². The highest BCUT2D eigenvalue weighted by molar-refractivity contribution is 7.99. The Morgan fingerprint density at radius 2 is 1.94 bits per heavy atom. The van der Waals surface area contributed by atoms with Gasteiger partial charge in [0.1, 0.15) is 0 Å². The molecule has 0 aliphatic heterocycles. The molecule has 2 rings (SSSR count). The van der Waals surface area contributed by atoms with Crippen molar-refractivity contribution in [3.63, 3.8) is 0 Å². The Hall–Kier alpha value is -1.32. The Morgan fingerprint density at radius 3 is 2.59 bits per heavy atom. The fraction of sp³-hybridized carbons (Fsp3) is 0.214. The molecule has 0 amide bonds. The molecule has 3 heteroatoms. The van der Waals surface area contributed by atoms with E-state index in [0.29, 0.717) is 6.54 Å². The monoisotopic (exact) mass is 244 g/mol. The van der Waals surface area contributed by atoms with Crippen LogP contribution in [-0.4, -0.2) is 10.7 Å². The van der Waals surface area contributed by atoms with Crippen LogP contribution in [0, 0.1) is 0 Å². The lowest BCUT2D eigenvalue weighted by atomic mass is 10.0. The average molecular weight is 244 g/mol. The van der Waals surface area contributed by atoms with Crippen LogP contribution < -0.4 is 5.73 Å². The number of thioether (sulfide) groups is 1. The Morgan fingerprint density at radius 1 is 1.18 bits per heavy atom. The number of rotatable bonds is 4. The number of nitrogens with zero attached hydrogens (tertiary/aromatic N) is 1. The Kier molecular flexibility index (Phi) is 4.18. The summed E-state index contributed by atoms with van der Waals surface area (Å²) in [6.45, 7) is 2.68. The maximum atomic E-state index is 5.72. The van der Waals surface area contributed by atoms with E-state index in [1.54, 1.807) is 0 Å². The third kappa shape index (κ3) is 2.87. The van der Waals surface area contributed by atoms with Crippen molar-refractivity contribution in [1.29, 1.82) is 0 Å². The van der Waals surface area contributed by atoms with E-state index in [1.807, 2.05) is 30.2 Å². The summed E-state index contributed by atoms with van der Waals surface area (Å²) in [5.41, 5.74) is 9.19. The number of pyridine rings is 1. The largest absolute Gasteiger partial charge is 0.326 e. The SMILES string of the molecule is CCSc1ccc(-c2ccncc2CN)cc1. The first-order chi connectivity index (χ1) is 8.35. The lowest BCUT2D eigenvalue weighted by Crippen LogP contribution is -1.99. The van der Waals surface area contributed by atoms with E-state index in [0.717, 1.165) is 11.3 Å². The van der Waals surface area contributed by atoms with Crippen molar-refractivity contribution in [2.45, 2.75) is 18.4 Å². The number of aromatic nitrogens is 1. The van der Waals surface area contributed by atoms with Crippen molar-refractivity contribution < 1.29 is 0 Å². The van der Waals surface area contributed by atoms with Crippen LogP contribution in [0.1, 0.15) is 12.5 Å². The molecule has 1 heterocycles. The van der Waals surface area contributed by atoms with Gasteiger partial charge in [0, 0.05) is 23.8 Å². The molecule has 17 heavy (non-hydrogen) atoms. The minimum Gasteiger partial charge on any atom is -0.326 e. The molecule has 0 radical (unpaired) electrons. The van der Waals surface area contributed by atoms with E-state index in [2.05, 4.69) is 36.2 Å². The van der Waals surface area contributed by atoms with Gasteiger partial charge in [0.05, 0.1) is 0 Å². The van der Waals surface area contributed by atoms with Gasteiger partial charge >= 0.3 is 0 Å². The third-order valence-corrected chi connectivity index (χ3v) is 3.49. The molecule has 2 nitrogen and oxygen atoms in total. The zero-order valence-electron chi connectivity index (χ0n) is 9.89.